The van der Waals surface area contributed by atoms with Gasteiger partial charge in [0.05, 0.1) is 6.04 Å². The molecule has 3 heteroatoms. The third-order valence-electron chi connectivity index (χ3n) is 3.73. The van der Waals surface area contributed by atoms with Gasteiger partial charge in [0.15, 0.2) is 0 Å². The minimum Gasteiger partial charge on any atom is -0.336 e. The number of hydrogen-bond acceptors (Lipinski definition) is 2. The molecule has 18 heavy (non-hydrogen) atoms. The van der Waals surface area contributed by atoms with Gasteiger partial charge in [-0.3, -0.25) is 4.79 Å². The third kappa shape index (κ3) is 2.72. The first kappa shape index (κ1) is 13.1. The van der Waals surface area contributed by atoms with E-state index in [1.54, 1.807) is 0 Å². The molecule has 98 valence electrons. The quantitative estimate of drug-likeness (QED) is 0.889. The highest BCUT2D eigenvalue weighted by Gasteiger charge is 2.26. The Kier molecular flexibility index (Phi) is 4.02. The summed E-state index contributed by atoms with van der Waals surface area (Å²) in [6.07, 6.45) is 2.29. The highest BCUT2D eigenvalue weighted by molar-refractivity contribution is 5.77. The Labute approximate surface area is 109 Å². The molecule has 3 nitrogen and oxygen atoms in total. The molecule has 1 aliphatic heterocycles. The van der Waals surface area contributed by atoms with Crippen molar-refractivity contribution in [2.24, 2.45) is 5.73 Å². The Morgan fingerprint density at radius 1 is 1.50 bits per heavy atom. The molecule has 0 saturated carbocycles. The molecule has 1 amide bonds. The molecular weight excluding hydrogens is 224 g/mol. The standard InChI is InChI=1S/C15H22N2O/c1-11(16)7-8-15(18)17-10-9-13-5-3-4-6-14(13)12(17)2/h3-6,11-12H,7-10,16H2,1-2H3. The molecule has 0 saturated heterocycles. The summed E-state index contributed by atoms with van der Waals surface area (Å²) in [5.41, 5.74) is 8.38. The van der Waals surface area contributed by atoms with Gasteiger partial charge < -0.3 is 10.6 Å². The number of benzene rings is 1. The van der Waals surface area contributed by atoms with E-state index in [0.29, 0.717) is 6.42 Å². The van der Waals surface area contributed by atoms with E-state index in [1.807, 2.05) is 17.9 Å². The topological polar surface area (TPSA) is 46.3 Å². The molecule has 0 spiro atoms. The van der Waals surface area contributed by atoms with Gasteiger partial charge in [0, 0.05) is 19.0 Å². The maximum atomic E-state index is 12.2. The van der Waals surface area contributed by atoms with Gasteiger partial charge in [0.25, 0.3) is 0 Å². The van der Waals surface area contributed by atoms with Crippen molar-refractivity contribution in [2.45, 2.75) is 45.2 Å². The van der Waals surface area contributed by atoms with Gasteiger partial charge in [-0.2, -0.15) is 0 Å². The first-order valence-electron chi connectivity index (χ1n) is 6.72. The summed E-state index contributed by atoms with van der Waals surface area (Å²) in [7, 11) is 0. The number of carbonyl (C=O) groups is 1. The van der Waals surface area contributed by atoms with Gasteiger partial charge in [-0.1, -0.05) is 24.3 Å². The lowest BCUT2D eigenvalue weighted by Crippen LogP contribution is -2.39. The lowest BCUT2D eigenvalue weighted by atomic mass is 9.93. The van der Waals surface area contributed by atoms with Crippen molar-refractivity contribution in [3.8, 4) is 0 Å². The summed E-state index contributed by atoms with van der Waals surface area (Å²) in [5.74, 6) is 0.231. The van der Waals surface area contributed by atoms with E-state index in [2.05, 4.69) is 25.1 Å². The normalized spacial score (nSPS) is 20.4. The number of nitrogens with two attached hydrogens (primary N) is 1. The van der Waals surface area contributed by atoms with Crippen LogP contribution in [-0.2, 0) is 11.2 Å². The van der Waals surface area contributed by atoms with Gasteiger partial charge in [-0.25, -0.2) is 0 Å². The van der Waals surface area contributed by atoms with Crippen molar-refractivity contribution in [2.75, 3.05) is 6.54 Å². The van der Waals surface area contributed by atoms with Gasteiger partial charge in [-0.15, -0.1) is 0 Å². The zero-order valence-corrected chi connectivity index (χ0v) is 11.2. The predicted octanol–water partition coefficient (Wildman–Crippen LogP) is 2.26. The number of amides is 1. The molecule has 1 aromatic carbocycles. The Hall–Kier alpha value is -1.35. The fourth-order valence-corrected chi connectivity index (χ4v) is 2.61. The lowest BCUT2D eigenvalue weighted by molar-refractivity contribution is -0.133. The summed E-state index contributed by atoms with van der Waals surface area (Å²) in [5, 5.41) is 0. The lowest BCUT2D eigenvalue weighted by Gasteiger charge is -2.35. The van der Waals surface area contributed by atoms with E-state index in [4.69, 9.17) is 5.73 Å². The van der Waals surface area contributed by atoms with E-state index in [1.165, 1.54) is 11.1 Å². The second-order valence-corrected chi connectivity index (χ2v) is 5.23. The molecule has 2 rings (SSSR count). The van der Waals surface area contributed by atoms with Crippen molar-refractivity contribution in [3.05, 3.63) is 35.4 Å². The van der Waals surface area contributed by atoms with E-state index in [0.717, 1.165) is 19.4 Å². The third-order valence-corrected chi connectivity index (χ3v) is 3.73. The Morgan fingerprint density at radius 3 is 2.94 bits per heavy atom. The number of fused-ring (bicyclic) bond motifs is 1. The van der Waals surface area contributed by atoms with Gasteiger partial charge in [0.1, 0.15) is 0 Å². The number of carbonyl (C=O) groups excluding carboxylic acids is 1. The number of nitrogens with zero attached hydrogens (tertiary/aromatic N) is 1. The second kappa shape index (κ2) is 5.53. The Balaban J connectivity index is 2.07. The Bertz CT molecular complexity index is 428. The zero-order valence-electron chi connectivity index (χ0n) is 11.2. The van der Waals surface area contributed by atoms with E-state index in [-0.39, 0.29) is 18.0 Å². The van der Waals surface area contributed by atoms with Gasteiger partial charge in [-0.05, 0) is 37.8 Å². The number of rotatable bonds is 3. The number of hydrogen-bond donors (Lipinski definition) is 1. The van der Waals surface area contributed by atoms with Crippen molar-refractivity contribution in [1.29, 1.82) is 0 Å². The van der Waals surface area contributed by atoms with Crippen molar-refractivity contribution in [3.63, 3.8) is 0 Å². The molecule has 1 aliphatic rings. The molecule has 2 atom stereocenters. The molecule has 0 aromatic heterocycles. The highest BCUT2D eigenvalue weighted by atomic mass is 16.2. The Morgan fingerprint density at radius 2 is 2.22 bits per heavy atom. The maximum absolute atomic E-state index is 12.2. The van der Waals surface area contributed by atoms with Crippen LogP contribution in [0.15, 0.2) is 24.3 Å². The molecule has 2 unspecified atom stereocenters. The minimum absolute atomic E-state index is 0.0985. The van der Waals surface area contributed by atoms with E-state index < -0.39 is 0 Å². The minimum atomic E-state index is 0.0985. The van der Waals surface area contributed by atoms with Gasteiger partial charge in [0.2, 0.25) is 5.91 Å². The van der Waals surface area contributed by atoms with Crippen molar-refractivity contribution in [1.82, 2.24) is 4.90 Å². The molecule has 0 aliphatic carbocycles. The summed E-state index contributed by atoms with van der Waals surface area (Å²) in [6, 6.07) is 8.70. The molecule has 2 N–H and O–H groups in total. The molecule has 1 heterocycles. The summed E-state index contributed by atoms with van der Waals surface area (Å²) in [6.45, 7) is 4.89. The molecule has 1 aromatic rings. The zero-order chi connectivity index (χ0) is 13.1. The second-order valence-electron chi connectivity index (χ2n) is 5.23. The molecule has 0 radical (unpaired) electrons. The van der Waals surface area contributed by atoms with E-state index in [9.17, 15) is 4.79 Å². The highest BCUT2D eigenvalue weighted by Crippen LogP contribution is 2.29. The van der Waals surface area contributed by atoms with Crippen LogP contribution in [0.5, 0.6) is 0 Å². The largest absolute Gasteiger partial charge is 0.336 e. The van der Waals surface area contributed by atoms with Crippen molar-refractivity contribution >= 4 is 5.91 Å². The van der Waals surface area contributed by atoms with E-state index >= 15 is 0 Å². The fraction of sp³-hybridized carbons (Fsp3) is 0.533. The average Bonchev–Trinajstić information content (AvgIpc) is 2.37. The summed E-state index contributed by atoms with van der Waals surface area (Å²) in [4.78, 5) is 14.2. The van der Waals surface area contributed by atoms with Crippen LogP contribution in [0.4, 0.5) is 0 Å². The van der Waals surface area contributed by atoms with Gasteiger partial charge >= 0.3 is 0 Å². The first-order valence-corrected chi connectivity index (χ1v) is 6.72. The smallest absolute Gasteiger partial charge is 0.223 e. The van der Waals surface area contributed by atoms with Crippen LogP contribution < -0.4 is 5.73 Å². The monoisotopic (exact) mass is 246 g/mol. The predicted molar refractivity (Wildman–Crippen MR) is 73.2 cm³/mol. The maximum Gasteiger partial charge on any atom is 0.223 e. The SMILES string of the molecule is CC(N)CCC(=O)N1CCc2ccccc2C1C. The summed E-state index contributed by atoms with van der Waals surface area (Å²) < 4.78 is 0. The first-order chi connectivity index (χ1) is 8.59. The van der Waals surface area contributed by atoms with Crippen molar-refractivity contribution < 1.29 is 4.79 Å². The average molecular weight is 246 g/mol. The molecule has 0 fully saturated rings. The fourth-order valence-electron chi connectivity index (χ4n) is 2.61. The van der Waals surface area contributed by atoms with Crippen LogP contribution >= 0.6 is 0 Å². The summed E-state index contributed by atoms with van der Waals surface area (Å²) >= 11 is 0. The van der Waals surface area contributed by atoms with Crippen LogP contribution in [-0.4, -0.2) is 23.4 Å². The van der Waals surface area contributed by atoms with Crippen LogP contribution in [0.25, 0.3) is 0 Å². The molecular formula is C15H22N2O. The molecule has 0 bridgehead atoms. The van der Waals surface area contributed by atoms with Crippen LogP contribution in [0.1, 0.15) is 43.9 Å². The van der Waals surface area contributed by atoms with Crippen LogP contribution in [0, 0.1) is 0 Å². The van der Waals surface area contributed by atoms with Crippen LogP contribution in [0.3, 0.4) is 0 Å². The van der Waals surface area contributed by atoms with Crippen LogP contribution in [0.2, 0.25) is 0 Å².